The third-order valence-corrected chi connectivity index (χ3v) is 6.55. The Hall–Kier alpha value is -3.07. The van der Waals surface area contributed by atoms with Gasteiger partial charge < -0.3 is 20.3 Å². The largest absolute Gasteiger partial charge is 0.463 e. The maximum absolute atomic E-state index is 13.3. The zero-order chi connectivity index (χ0) is 26.6. The summed E-state index contributed by atoms with van der Waals surface area (Å²) in [7, 11) is 1.68. The highest BCUT2D eigenvalue weighted by molar-refractivity contribution is 5.95. The van der Waals surface area contributed by atoms with Crippen LogP contribution >= 0.6 is 0 Å². The van der Waals surface area contributed by atoms with Crippen LogP contribution in [0.4, 0.5) is 9.59 Å². The normalized spacial score (nSPS) is 19.6. The van der Waals surface area contributed by atoms with Gasteiger partial charge in [0.1, 0.15) is 0 Å². The number of rotatable bonds is 5. The molecule has 0 spiro atoms. The van der Waals surface area contributed by atoms with Gasteiger partial charge in [-0.2, -0.15) is 0 Å². The molecule has 2 aliphatic rings. The van der Waals surface area contributed by atoms with Crippen LogP contribution in [0.25, 0.3) is 0 Å². The van der Waals surface area contributed by atoms with Crippen LogP contribution in [0.3, 0.4) is 0 Å². The monoisotopic (exact) mass is 499 g/mol. The van der Waals surface area contributed by atoms with E-state index in [1.807, 2.05) is 57.7 Å². The van der Waals surface area contributed by atoms with Crippen molar-refractivity contribution in [3.05, 3.63) is 46.2 Å². The molecule has 9 heteroatoms. The molecule has 4 amide bonds. The number of esters is 1. The van der Waals surface area contributed by atoms with Crippen LogP contribution in [-0.4, -0.2) is 84.6 Å². The lowest BCUT2D eigenvalue weighted by Crippen LogP contribution is -2.50. The molecule has 1 atom stereocenters. The van der Waals surface area contributed by atoms with Crippen molar-refractivity contribution < 1.29 is 19.1 Å². The molecule has 198 valence electrons. The van der Waals surface area contributed by atoms with Crippen molar-refractivity contribution in [3.63, 3.8) is 0 Å². The van der Waals surface area contributed by atoms with Crippen LogP contribution in [-0.2, 0) is 9.53 Å². The van der Waals surface area contributed by atoms with Gasteiger partial charge >= 0.3 is 18.0 Å². The van der Waals surface area contributed by atoms with E-state index in [9.17, 15) is 14.4 Å². The minimum Gasteiger partial charge on any atom is -0.463 e. The molecule has 1 saturated heterocycles. The quantitative estimate of drug-likeness (QED) is 0.606. The second kappa shape index (κ2) is 11.3. The first kappa shape index (κ1) is 27.5. The van der Waals surface area contributed by atoms with Gasteiger partial charge in [0.05, 0.1) is 18.2 Å². The third kappa shape index (κ3) is 6.57. The van der Waals surface area contributed by atoms with E-state index < -0.39 is 12.0 Å². The summed E-state index contributed by atoms with van der Waals surface area (Å²) in [6.45, 7) is 14.9. The number of nitrogens with one attached hydrogen (secondary N) is 2. The molecular weight excluding hydrogens is 458 g/mol. The molecular formula is C27H41N5O4. The molecule has 1 aromatic carbocycles. The predicted octanol–water partition coefficient (Wildman–Crippen LogP) is 3.33. The Morgan fingerprint density at radius 1 is 1.14 bits per heavy atom. The van der Waals surface area contributed by atoms with Gasteiger partial charge in [-0.25, -0.2) is 14.4 Å². The maximum Gasteiger partial charge on any atom is 0.338 e. The van der Waals surface area contributed by atoms with Gasteiger partial charge in [0.15, 0.2) is 0 Å². The highest BCUT2D eigenvalue weighted by atomic mass is 16.5. The van der Waals surface area contributed by atoms with Crippen molar-refractivity contribution in [1.82, 2.24) is 25.3 Å². The predicted molar refractivity (Wildman–Crippen MR) is 140 cm³/mol. The van der Waals surface area contributed by atoms with Crippen LogP contribution < -0.4 is 10.6 Å². The van der Waals surface area contributed by atoms with Gasteiger partial charge in [-0.05, 0) is 59.1 Å². The SMILES string of the molecule is CCOC(=O)C1=C(CN2CCCN(C(=O)NC(C)(C)C)CC2)N(C)C(=O)N[C@@H]1c1cc(C)ccc1C. The zero-order valence-electron chi connectivity index (χ0n) is 22.7. The summed E-state index contributed by atoms with van der Waals surface area (Å²) in [4.78, 5) is 44.6. The van der Waals surface area contributed by atoms with E-state index in [-0.39, 0.29) is 24.2 Å². The van der Waals surface area contributed by atoms with Crippen LogP contribution in [0.2, 0.25) is 0 Å². The van der Waals surface area contributed by atoms with Gasteiger partial charge in [-0.15, -0.1) is 0 Å². The molecule has 0 unspecified atom stereocenters. The molecule has 0 radical (unpaired) electrons. The lowest BCUT2D eigenvalue weighted by molar-refractivity contribution is -0.139. The van der Waals surface area contributed by atoms with Crippen LogP contribution in [0.5, 0.6) is 0 Å². The number of carbonyl (C=O) groups excluding carboxylic acids is 3. The zero-order valence-corrected chi connectivity index (χ0v) is 22.7. The summed E-state index contributed by atoms with van der Waals surface area (Å²) in [5.41, 5.74) is 3.72. The van der Waals surface area contributed by atoms with Gasteiger partial charge in [-0.3, -0.25) is 9.80 Å². The summed E-state index contributed by atoms with van der Waals surface area (Å²) < 4.78 is 5.47. The molecule has 0 aliphatic carbocycles. The van der Waals surface area contributed by atoms with Gasteiger partial charge in [0, 0.05) is 51.0 Å². The summed E-state index contributed by atoms with van der Waals surface area (Å²) >= 11 is 0. The number of urea groups is 2. The van der Waals surface area contributed by atoms with Crippen molar-refractivity contribution in [3.8, 4) is 0 Å². The van der Waals surface area contributed by atoms with Crippen molar-refractivity contribution in [2.75, 3.05) is 46.4 Å². The van der Waals surface area contributed by atoms with E-state index in [0.717, 1.165) is 29.7 Å². The molecule has 2 aliphatic heterocycles. The molecule has 2 heterocycles. The molecule has 0 bridgehead atoms. The highest BCUT2D eigenvalue weighted by Gasteiger charge is 2.38. The summed E-state index contributed by atoms with van der Waals surface area (Å²) in [5, 5.41) is 6.04. The Morgan fingerprint density at radius 2 is 1.86 bits per heavy atom. The van der Waals surface area contributed by atoms with E-state index in [2.05, 4.69) is 15.5 Å². The first-order valence-corrected chi connectivity index (χ1v) is 12.7. The van der Waals surface area contributed by atoms with E-state index in [1.165, 1.54) is 4.90 Å². The molecule has 9 nitrogen and oxygen atoms in total. The summed E-state index contributed by atoms with van der Waals surface area (Å²) in [6, 6.07) is 5.11. The third-order valence-electron chi connectivity index (χ3n) is 6.55. The van der Waals surface area contributed by atoms with Crippen molar-refractivity contribution >= 4 is 18.0 Å². The summed E-state index contributed by atoms with van der Waals surface area (Å²) in [6.07, 6.45) is 0.801. The number of nitrogens with zero attached hydrogens (tertiary/aromatic N) is 3. The minimum atomic E-state index is -0.594. The molecule has 0 saturated carbocycles. The van der Waals surface area contributed by atoms with Gasteiger partial charge in [0.2, 0.25) is 0 Å². The topological polar surface area (TPSA) is 94.2 Å². The average Bonchev–Trinajstić information content (AvgIpc) is 3.03. The number of carbonyl (C=O) groups is 3. The number of amides is 4. The van der Waals surface area contributed by atoms with E-state index in [1.54, 1.807) is 14.0 Å². The standard InChI is InChI=1S/C27H41N5O4/c1-8-36-24(33)22-21(17-31-12-9-13-32(15-14-31)26(35)29-27(4,5)6)30(7)25(34)28-23(22)20-16-18(2)10-11-19(20)3/h10-11,16,23H,8-9,12-15,17H2,1-7H3,(H,28,34)(H,29,35)/t23-/m1/s1. The number of benzene rings is 1. The molecule has 0 aromatic heterocycles. The van der Waals surface area contributed by atoms with E-state index in [0.29, 0.717) is 37.4 Å². The lowest BCUT2D eigenvalue weighted by atomic mass is 9.90. The second-order valence-corrected chi connectivity index (χ2v) is 10.7. The van der Waals surface area contributed by atoms with Gasteiger partial charge in [-0.1, -0.05) is 23.8 Å². The second-order valence-electron chi connectivity index (χ2n) is 10.7. The number of ether oxygens (including phenoxy) is 1. The Balaban J connectivity index is 1.92. The first-order chi connectivity index (χ1) is 16.9. The van der Waals surface area contributed by atoms with Crippen molar-refractivity contribution in [2.45, 2.75) is 59.5 Å². The van der Waals surface area contributed by atoms with Gasteiger partial charge in [0.25, 0.3) is 0 Å². The summed E-state index contributed by atoms with van der Waals surface area (Å²) in [5.74, 6) is -0.425. The molecule has 1 aromatic rings. The van der Waals surface area contributed by atoms with Crippen molar-refractivity contribution in [1.29, 1.82) is 0 Å². The Morgan fingerprint density at radius 3 is 2.53 bits per heavy atom. The fourth-order valence-corrected chi connectivity index (χ4v) is 4.65. The Bertz CT molecular complexity index is 1030. The molecule has 1 fully saturated rings. The number of aryl methyl sites for hydroxylation is 2. The van der Waals surface area contributed by atoms with Crippen molar-refractivity contribution in [2.24, 2.45) is 0 Å². The number of likely N-dealkylation sites (N-methyl/N-ethyl adjacent to an activating group) is 1. The average molecular weight is 500 g/mol. The molecule has 3 rings (SSSR count). The number of hydrogen-bond donors (Lipinski definition) is 2. The number of hydrogen-bond acceptors (Lipinski definition) is 5. The Kier molecular flexibility index (Phi) is 8.66. The van der Waals surface area contributed by atoms with E-state index >= 15 is 0 Å². The highest BCUT2D eigenvalue weighted by Crippen LogP contribution is 2.33. The maximum atomic E-state index is 13.3. The van der Waals surface area contributed by atoms with Crippen LogP contribution in [0.1, 0.15) is 56.8 Å². The fourth-order valence-electron chi connectivity index (χ4n) is 4.65. The van der Waals surface area contributed by atoms with Crippen LogP contribution in [0.15, 0.2) is 29.5 Å². The van der Waals surface area contributed by atoms with Crippen LogP contribution in [0, 0.1) is 13.8 Å². The lowest BCUT2D eigenvalue weighted by Gasteiger charge is -2.37. The smallest absolute Gasteiger partial charge is 0.338 e. The van der Waals surface area contributed by atoms with E-state index in [4.69, 9.17) is 4.74 Å². The fraction of sp³-hybridized carbons (Fsp3) is 0.593. The molecule has 2 N–H and O–H groups in total. The molecule has 36 heavy (non-hydrogen) atoms. The Labute approximate surface area is 214 Å². The minimum absolute atomic E-state index is 0.0695. The first-order valence-electron chi connectivity index (χ1n) is 12.7.